The highest BCUT2D eigenvalue weighted by Gasteiger charge is 2.26. The van der Waals surface area contributed by atoms with E-state index < -0.39 is 0 Å². The highest BCUT2D eigenvalue weighted by molar-refractivity contribution is 5.32. The summed E-state index contributed by atoms with van der Waals surface area (Å²) in [6.45, 7) is 7.31. The molecule has 1 aromatic heterocycles. The Balaban J connectivity index is 1.49. The van der Waals surface area contributed by atoms with E-state index >= 15 is 0 Å². The molecule has 0 spiro atoms. The highest BCUT2D eigenvalue weighted by atomic mass is 15.3. The van der Waals surface area contributed by atoms with Crippen molar-refractivity contribution in [2.45, 2.75) is 19.5 Å². The Morgan fingerprint density at radius 3 is 1.96 bits per heavy atom. The first-order chi connectivity index (χ1) is 12.8. The van der Waals surface area contributed by atoms with E-state index in [9.17, 15) is 0 Å². The van der Waals surface area contributed by atoms with Gasteiger partial charge < -0.3 is 4.98 Å². The second-order valence-electron chi connectivity index (χ2n) is 7.01. The van der Waals surface area contributed by atoms with Crippen molar-refractivity contribution in [2.24, 2.45) is 0 Å². The van der Waals surface area contributed by atoms with Crippen LogP contribution < -0.4 is 0 Å². The van der Waals surface area contributed by atoms with E-state index in [1.807, 2.05) is 0 Å². The maximum absolute atomic E-state index is 4.45. The Bertz CT molecular complexity index is 765. The van der Waals surface area contributed by atoms with Gasteiger partial charge in [-0.3, -0.25) is 9.80 Å². The molecule has 4 nitrogen and oxygen atoms in total. The molecule has 1 aliphatic heterocycles. The number of rotatable bonds is 5. The van der Waals surface area contributed by atoms with Crippen LogP contribution in [-0.2, 0) is 6.54 Å². The van der Waals surface area contributed by atoms with Gasteiger partial charge >= 0.3 is 0 Å². The molecule has 0 bridgehead atoms. The third kappa shape index (κ3) is 3.71. The van der Waals surface area contributed by atoms with Gasteiger partial charge in [0.15, 0.2) is 0 Å². The van der Waals surface area contributed by atoms with Gasteiger partial charge in [0.05, 0.1) is 18.1 Å². The molecule has 1 N–H and O–H groups in total. The Labute approximate surface area is 155 Å². The van der Waals surface area contributed by atoms with Crippen molar-refractivity contribution in [3.8, 4) is 0 Å². The summed E-state index contributed by atoms with van der Waals surface area (Å²) in [6.07, 6.45) is 1.79. The second kappa shape index (κ2) is 7.85. The fraction of sp³-hybridized carbons (Fsp3) is 0.318. The van der Waals surface area contributed by atoms with E-state index in [0.717, 1.165) is 32.7 Å². The van der Waals surface area contributed by atoms with Gasteiger partial charge in [0.1, 0.15) is 0 Å². The predicted molar refractivity (Wildman–Crippen MR) is 105 cm³/mol. The van der Waals surface area contributed by atoms with Gasteiger partial charge in [0.25, 0.3) is 0 Å². The monoisotopic (exact) mass is 346 g/mol. The molecule has 0 radical (unpaired) electrons. The lowest BCUT2D eigenvalue weighted by atomic mass is 9.96. The lowest BCUT2D eigenvalue weighted by molar-refractivity contribution is 0.104. The first kappa shape index (κ1) is 17.0. The van der Waals surface area contributed by atoms with Crippen LogP contribution in [-0.4, -0.2) is 45.9 Å². The van der Waals surface area contributed by atoms with Crippen molar-refractivity contribution in [3.63, 3.8) is 0 Å². The first-order valence-electron chi connectivity index (χ1n) is 9.36. The number of benzene rings is 2. The van der Waals surface area contributed by atoms with Gasteiger partial charge in [0.2, 0.25) is 0 Å². The Kier molecular flexibility index (Phi) is 5.14. The zero-order valence-corrected chi connectivity index (χ0v) is 15.3. The largest absolute Gasteiger partial charge is 0.348 e. The standard InChI is InChI=1S/C22H26N4/c1-18-21(24-17-23-18)16-25-12-14-26(15-13-25)22(19-8-4-2-5-9-19)20-10-6-3-7-11-20/h2-11,17,22H,12-16H2,1H3,(H,23,24). The molecule has 4 rings (SSSR count). The van der Waals surface area contributed by atoms with Crippen molar-refractivity contribution in [1.29, 1.82) is 0 Å². The number of aromatic nitrogens is 2. The fourth-order valence-corrected chi connectivity index (χ4v) is 3.82. The van der Waals surface area contributed by atoms with Gasteiger partial charge in [-0.05, 0) is 18.1 Å². The van der Waals surface area contributed by atoms with Gasteiger partial charge in [-0.1, -0.05) is 60.7 Å². The minimum Gasteiger partial charge on any atom is -0.348 e. The number of aromatic amines is 1. The molecule has 1 aliphatic rings. The summed E-state index contributed by atoms with van der Waals surface area (Å²) in [6, 6.07) is 22.1. The molecule has 4 heteroatoms. The van der Waals surface area contributed by atoms with Crippen LogP contribution in [0.2, 0.25) is 0 Å². The maximum atomic E-state index is 4.45. The number of aryl methyl sites for hydroxylation is 1. The lowest BCUT2D eigenvalue weighted by Crippen LogP contribution is -2.47. The number of nitrogens with one attached hydrogen (secondary N) is 1. The van der Waals surface area contributed by atoms with Crippen molar-refractivity contribution < 1.29 is 0 Å². The van der Waals surface area contributed by atoms with E-state index in [4.69, 9.17) is 0 Å². The minimum absolute atomic E-state index is 0.326. The molecule has 26 heavy (non-hydrogen) atoms. The van der Waals surface area contributed by atoms with E-state index in [-0.39, 0.29) is 0 Å². The molecule has 0 amide bonds. The van der Waals surface area contributed by atoms with Gasteiger partial charge in [-0.2, -0.15) is 0 Å². The maximum Gasteiger partial charge on any atom is 0.0925 e. The first-order valence-corrected chi connectivity index (χ1v) is 9.36. The summed E-state index contributed by atoms with van der Waals surface area (Å²) in [4.78, 5) is 12.7. The summed E-state index contributed by atoms with van der Waals surface area (Å²) < 4.78 is 0. The molecule has 1 saturated heterocycles. The molecular weight excluding hydrogens is 320 g/mol. The topological polar surface area (TPSA) is 35.2 Å². The number of piperazine rings is 1. The zero-order chi connectivity index (χ0) is 17.8. The van der Waals surface area contributed by atoms with E-state index in [2.05, 4.69) is 87.4 Å². The second-order valence-corrected chi connectivity index (χ2v) is 7.01. The average molecular weight is 346 g/mol. The fourth-order valence-electron chi connectivity index (χ4n) is 3.82. The third-order valence-electron chi connectivity index (χ3n) is 5.31. The molecule has 1 fully saturated rings. The number of hydrogen-bond acceptors (Lipinski definition) is 3. The van der Waals surface area contributed by atoms with Crippen LogP contribution in [0, 0.1) is 6.92 Å². The van der Waals surface area contributed by atoms with E-state index in [1.54, 1.807) is 6.33 Å². The summed E-state index contributed by atoms with van der Waals surface area (Å²) in [7, 11) is 0. The van der Waals surface area contributed by atoms with E-state index in [1.165, 1.54) is 22.5 Å². The number of H-pyrrole nitrogens is 1. The van der Waals surface area contributed by atoms with Crippen LogP contribution in [0.3, 0.4) is 0 Å². The molecule has 2 heterocycles. The molecule has 0 unspecified atom stereocenters. The highest BCUT2D eigenvalue weighted by Crippen LogP contribution is 2.29. The van der Waals surface area contributed by atoms with Crippen LogP contribution in [0.5, 0.6) is 0 Å². The lowest BCUT2D eigenvalue weighted by Gasteiger charge is -2.39. The van der Waals surface area contributed by atoms with Crippen LogP contribution in [0.1, 0.15) is 28.6 Å². The molecule has 0 atom stereocenters. The molecule has 3 aromatic rings. The van der Waals surface area contributed by atoms with Gasteiger partial charge in [-0.25, -0.2) is 4.98 Å². The average Bonchev–Trinajstić information content (AvgIpc) is 3.10. The van der Waals surface area contributed by atoms with Crippen LogP contribution in [0.25, 0.3) is 0 Å². The summed E-state index contributed by atoms with van der Waals surface area (Å²) in [5.74, 6) is 0. The van der Waals surface area contributed by atoms with Crippen molar-refractivity contribution >= 4 is 0 Å². The molecular formula is C22H26N4. The third-order valence-corrected chi connectivity index (χ3v) is 5.31. The Hall–Kier alpha value is -2.43. The summed E-state index contributed by atoms with van der Waals surface area (Å²) in [5.41, 5.74) is 5.09. The summed E-state index contributed by atoms with van der Waals surface area (Å²) in [5, 5.41) is 0. The van der Waals surface area contributed by atoms with Crippen molar-refractivity contribution in [1.82, 2.24) is 19.8 Å². The van der Waals surface area contributed by atoms with E-state index in [0.29, 0.717) is 6.04 Å². The quantitative estimate of drug-likeness (QED) is 0.766. The predicted octanol–water partition coefficient (Wildman–Crippen LogP) is 3.63. The molecule has 134 valence electrons. The number of nitrogens with zero attached hydrogens (tertiary/aromatic N) is 3. The SMILES string of the molecule is Cc1[nH]cnc1CN1CCN(C(c2ccccc2)c2ccccc2)CC1. The van der Waals surface area contributed by atoms with Crippen LogP contribution in [0.4, 0.5) is 0 Å². The number of hydrogen-bond donors (Lipinski definition) is 1. The van der Waals surface area contributed by atoms with Crippen molar-refractivity contribution in [2.75, 3.05) is 26.2 Å². The normalized spacial score (nSPS) is 16.2. The number of imidazole rings is 1. The van der Waals surface area contributed by atoms with Crippen molar-refractivity contribution in [3.05, 3.63) is 89.5 Å². The molecule has 0 aliphatic carbocycles. The smallest absolute Gasteiger partial charge is 0.0925 e. The Morgan fingerprint density at radius 1 is 0.885 bits per heavy atom. The molecule has 0 saturated carbocycles. The minimum atomic E-state index is 0.326. The van der Waals surface area contributed by atoms with Crippen LogP contribution in [0.15, 0.2) is 67.0 Å². The zero-order valence-electron chi connectivity index (χ0n) is 15.3. The summed E-state index contributed by atoms with van der Waals surface area (Å²) >= 11 is 0. The van der Waals surface area contributed by atoms with Gasteiger partial charge in [-0.15, -0.1) is 0 Å². The van der Waals surface area contributed by atoms with Crippen LogP contribution >= 0.6 is 0 Å². The Morgan fingerprint density at radius 2 is 1.46 bits per heavy atom. The van der Waals surface area contributed by atoms with Gasteiger partial charge in [0, 0.05) is 38.4 Å². The molecule has 2 aromatic carbocycles.